The number of pyridine rings is 1. The van der Waals surface area contributed by atoms with E-state index in [0.717, 1.165) is 40.4 Å². The topological polar surface area (TPSA) is 74.8 Å². The van der Waals surface area contributed by atoms with Crippen LogP contribution in [0.5, 0.6) is 0 Å². The Morgan fingerprint density at radius 3 is 2.52 bits per heavy atom. The van der Waals surface area contributed by atoms with E-state index in [0.29, 0.717) is 18.3 Å². The Hall–Kier alpha value is -3.23. The van der Waals surface area contributed by atoms with Crippen LogP contribution in [0.4, 0.5) is 0 Å². The van der Waals surface area contributed by atoms with Gasteiger partial charge in [0.2, 0.25) is 0 Å². The average Bonchev–Trinajstić information content (AvgIpc) is 3.37. The summed E-state index contributed by atoms with van der Waals surface area (Å²) < 4.78 is 9.39. The fraction of sp³-hybridized carbons (Fsp3) is 0.280. The molecule has 3 aromatic heterocycles. The van der Waals surface area contributed by atoms with Gasteiger partial charge in [0, 0.05) is 48.6 Å². The molecule has 0 aliphatic rings. The molecule has 8 heteroatoms. The van der Waals surface area contributed by atoms with E-state index in [4.69, 9.17) is 4.74 Å². The first-order chi connectivity index (χ1) is 16.1. The lowest BCUT2D eigenvalue weighted by atomic mass is 10.2. The molecule has 3 heterocycles. The van der Waals surface area contributed by atoms with Gasteiger partial charge in [0.05, 0.1) is 18.9 Å². The molecule has 4 rings (SSSR count). The molecule has 7 nitrogen and oxygen atoms in total. The molecule has 33 heavy (non-hydrogen) atoms. The summed E-state index contributed by atoms with van der Waals surface area (Å²) in [6, 6.07) is 16.0. The van der Waals surface area contributed by atoms with Gasteiger partial charge in [-0.15, -0.1) is 10.2 Å². The normalized spacial score (nSPS) is 11.1. The van der Waals surface area contributed by atoms with E-state index in [9.17, 15) is 4.79 Å². The summed E-state index contributed by atoms with van der Waals surface area (Å²) in [5.41, 5.74) is 4.86. The van der Waals surface area contributed by atoms with Crippen LogP contribution in [-0.2, 0) is 17.8 Å². The number of ether oxygens (including phenoxy) is 1. The maximum Gasteiger partial charge on any atom is 0.192 e. The van der Waals surface area contributed by atoms with Gasteiger partial charge in [-0.3, -0.25) is 14.3 Å². The SMILES string of the molecule is COCCn1c(C)cc(C(=O)CSc2nnc(-c3ccncc3)n2Cc2ccccc2)c1C. The van der Waals surface area contributed by atoms with Crippen LogP contribution in [0.1, 0.15) is 27.3 Å². The van der Waals surface area contributed by atoms with Crippen LogP contribution >= 0.6 is 11.8 Å². The molecular weight excluding hydrogens is 434 g/mol. The first kappa shape index (κ1) is 22.9. The van der Waals surface area contributed by atoms with Crippen LogP contribution in [0.3, 0.4) is 0 Å². The van der Waals surface area contributed by atoms with Gasteiger partial charge in [0.15, 0.2) is 16.8 Å². The number of nitrogens with zero attached hydrogens (tertiary/aromatic N) is 5. The largest absolute Gasteiger partial charge is 0.383 e. The monoisotopic (exact) mass is 461 g/mol. The zero-order valence-corrected chi connectivity index (χ0v) is 19.9. The number of Topliss-reactive ketones (excluding diaryl/α,β-unsaturated/α-hetero) is 1. The van der Waals surface area contributed by atoms with E-state index in [1.165, 1.54) is 11.8 Å². The number of ketones is 1. The van der Waals surface area contributed by atoms with Crippen LogP contribution in [0, 0.1) is 13.8 Å². The molecule has 1 aromatic carbocycles. The molecule has 0 bridgehead atoms. The second-order valence-electron chi connectivity index (χ2n) is 7.75. The summed E-state index contributed by atoms with van der Waals surface area (Å²) in [5.74, 6) is 1.13. The van der Waals surface area contributed by atoms with Crippen molar-refractivity contribution in [1.82, 2.24) is 24.3 Å². The zero-order valence-electron chi connectivity index (χ0n) is 19.1. The van der Waals surface area contributed by atoms with E-state index in [2.05, 4.69) is 36.4 Å². The highest BCUT2D eigenvalue weighted by atomic mass is 32.2. The summed E-state index contributed by atoms with van der Waals surface area (Å²) in [7, 11) is 1.68. The molecule has 0 unspecified atom stereocenters. The number of thioether (sulfide) groups is 1. The van der Waals surface area contributed by atoms with Crippen LogP contribution in [0.2, 0.25) is 0 Å². The molecule has 0 N–H and O–H groups in total. The van der Waals surface area contributed by atoms with E-state index in [1.54, 1.807) is 19.5 Å². The number of hydrogen-bond acceptors (Lipinski definition) is 6. The average molecular weight is 462 g/mol. The predicted octanol–water partition coefficient (Wildman–Crippen LogP) is 4.43. The first-order valence-electron chi connectivity index (χ1n) is 10.8. The fourth-order valence-electron chi connectivity index (χ4n) is 3.84. The van der Waals surface area contributed by atoms with E-state index >= 15 is 0 Å². The number of carbonyl (C=O) groups excluding carboxylic acids is 1. The molecule has 0 radical (unpaired) electrons. The highest BCUT2D eigenvalue weighted by Crippen LogP contribution is 2.26. The van der Waals surface area contributed by atoms with E-state index in [-0.39, 0.29) is 11.5 Å². The van der Waals surface area contributed by atoms with Gasteiger partial charge in [-0.25, -0.2) is 0 Å². The van der Waals surface area contributed by atoms with Crippen LogP contribution in [0.15, 0.2) is 66.1 Å². The third-order valence-electron chi connectivity index (χ3n) is 5.56. The van der Waals surface area contributed by atoms with Crippen molar-refractivity contribution in [3.63, 3.8) is 0 Å². The molecule has 0 saturated carbocycles. The van der Waals surface area contributed by atoms with Crippen molar-refractivity contribution in [1.29, 1.82) is 0 Å². The van der Waals surface area contributed by atoms with Crippen molar-refractivity contribution in [3.05, 3.63) is 83.4 Å². The Labute approximate surface area is 197 Å². The number of rotatable bonds is 10. The minimum Gasteiger partial charge on any atom is -0.383 e. The second kappa shape index (κ2) is 10.6. The van der Waals surface area contributed by atoms with Crippen molar-refractivity contribution in [2.75, 3.05) is 19.5 Å². The Morgan fingerprint density at radius 1 is 1.03 bits per heavy atom. The van der Waals surface area contributed by atoms with Crippen molar-refractivity contribution < 1.29 is 9.53 Å². The Kier molecular flexibility index (Phi) is 7.36. The van der Waals surface area contributed by atoms with Gasteiger partial charge in [-0.1, -0.05) is 42.1 Å². The Morgan fingerprint density at radius 2 is 1.79 bits per heavy atom. The minimum absolute atomic E-state index is 0.0801. The standard InChI is InChI=1S/C25H27N5O2S/c1-18-15-22(19(2)29(18)13-14-32-3)23(31)17-33-25-28-27-24(21-9-11-26-12-10-21)30(25)16-20-7-5-4-6-8-20/h4-12,15H,13-14,16-17H2,1-3H3. The number of carbonyl (C=O) groups is 1. The third-order valence-corrected chi connectivity index (χ3v) is 6.53. The minimum atomic E-state index is 0.0801. The number of methoxy groups -OCH3 is 1. The van der Waals surface area contributed by atoms with E-state index in [1.807, 2.05) is 50.2 Å². The second-order valence-corrected chi connectivity index (χ2v) is 8.70. The number of aryl methyl sites for hydroxylation is 1. The number of benzene rings is 1. The maximum atomic E-state index is 13.1. The van der Waals surface area contributed by atoms with Crippen molar-refractivity contribution in [2.45, 2.75) is 32.1 Å². The number of aromatic nitrogens is 5. The van der Waals surface area contributed by atoms with Gasteiger partial charge in [-0.05, 0) is 37.6 Å². The molecule has 0 aliphatic carbocycles. The van der Waals surface area contributed by atoms with Gasteiger partial charge >= 0.3 is 0 Å². The van der Waals surface area contributed by atoms with Gasteiger partial charge < -0.3 is 9.30 Å². The van der Waals surface area contributed by atoms with Crippen molar-refractivity contribution in [2.24, 2.45) is 0 Å². The maximum absolute atomic E-state index is 13.1. The quantitative estimate of drug-likeness (QED) is 0.257. The Bertz CT molecular complexity index is 1220. The molecule has 4 aromatic rings. The summed E-state index contributed by atoms with van der Waals surface area (Å²) >= 11 is 1.42. The van der Waals surface area contributed by atoms with Gasteiger partial charge in [0.25, 0.3) is 0 Å². The predicted molar refractivity (Wildman–Crippen MR) is 130 cm³/mol. The lowest BCUT2D eigenvalue weighted by molar-refractivity contribution is 0.102. The lowest BCUT2D eigenvalue weighted by Gasteiger charge is -2.11. The zero-order chi connectivity index (χ0) is 23.2. The molecule has 0 spiro atoms. The van der Waals surface area contributed by atoms with Gasteiger partial charge in [-0.2, -0.15) is 0 Å². The lowest BCUT2D eigenvalue weighted by Crippen LogP contribution is -2.10. The summed E-state index contributed by atoms with van der Waals surface area (Å²) in [5, 5.41) is 9.57. The molecule has 170 valence electrons. The molecule has 0 amide bonds. The smallest absolute Gasteiger partial charge is 0.192 e. The van der Waals surface area contributed by atoms with Crippen molar-refractivity contribution in [3.8, 4) is 11.4 Å². The number of hydrogen-bond donors (Lipinski definition) is 0. The Balaban J connectivity index is 1.57. The van der Waals surface area contributed by atoms with Crippen LogP contribution in [0.25, 0.3) is 11.4 Å². The van der Waals surface area contributed by atoms with E-state index < -0.39 is 0 Å². The van der Waals surface area contributed by atoms with Crippen LogP contribution in [-0.4, -0.2) is 49.6 Å². The highest BCUT2D eigenvalue weighted by Gasteiger charge is 2.19. The molecule has 0 fully saturated rings. The van der Waals surface area contributed by atoms with Gasteiger partial charge in [0.1, 0.15) is 0 Å². The molecule has 0 aliphatic heterocycles. The summed E-state index contributed by atoms with van der Waals surface area (Å²) in [4.78, 5) is 17.2. The highest BCUT2D eigenvalue weighted by molar-refractivity contribution is 7.99. The molecule has 0 atom stereocenters. The molecule has 0 saturated heterocycles. The summed E-state index contributed by atoms with van der Waals surface area (Å²) in [6.45, 7) is 5.96. The fourth-order valence-corrected chi connectivity index (χ4v) is 4.66. The van der Waals surface area contributed by atoms with Crippen LogP contribution < -0.4 is 0 Å². The van der Waals surface area contributed by atoms with Crippen molar-refractivity contribution >= 4 is 17.5 Å². The summed E-state index contributed by atoms with van der Waals surface area (Å²) in [6.07, 6.45) is 3.49. The molecular formula is C25H27N5O2S. The third kappa shape index (κ3) is 5.23. The first-order valence-corrected chi connectivity index (χ1v) is 11.8.